The molecule has 0 aliphatic carbocycles. The Morgan fingerprint density at radius 1 is 1.39 bits per heavy atom. The summed E-state index contributed by atoms with van der Waals surface area (Å²) in [6, 6.07) is 0. The fraction of sp³-hybridized carbons (Fsp3) is 0.900. The minimum atomic E-state index is -1.26. The van der Waals surface area contributed by atoms with Gasteiger partial charge in [0.1, 0.15) is 18.3 Å². The van der Waals surface area contributed by atoms with Crippen LogP contribution in [0.2, 0.25) is 0 Å². The lowest BCUT2D eigenvalue weighted by molar-refractivity contribution is -0.220. The van der Waals surface area contributed by atoms with Gasteiger partial charge in [-0.2, -0.15) is 0 Å². The first-order valence-corrected chi connectivity index (χ1v) is 8.04. The molecule has 0 aromatic heterocycles. The van der Waals surface area contributed by atoms with Crippen molar-refractivity contribution in [2.24, 2.45) is 5.92 Å². The molecule has 0 aromatic carbocycles. The van der Waals surface area contributed by atoms with Crippen LogP contribution in [-0.4, -0.2) is 63.5 Å². The summed E-state index contributed by atoms with van der Waals surface area (Å²) in [7, 11) is 2.81. The topological polar surface area (TPSA) is 96.2 Å². The number of ether oxygens (including phenoxy) is 2. The molecule has 2 rings (SSSR count). The van der Waals surface area contributed by atoms with Gasteiger partial charge in [0, 0.05) is 5.75 Å². The van der Waals surface area contributed by atoms with Gasteiger partial charge < -0.3 is 24.8 Å². The van der Waals surface area contributed by atoms with Gasteiger partial charge in [-0.3, -0.25) is 4.79 Å². The van der Waals surface area contributed by atoms with Crippen LogP contribution in [0.4, 0.5) is 0 Å². The van der Waals surface area contributed by atoms with Crippen LogP contribution in [0.3, 0.4) is 0 Å². The second-order valence-corrected chi connectivity index (χ2v) is 6.90. The first-order valence-electron chi connectivity index (χ1n) is 5.65. The van der Waals surface area contributed by atoms with Gasteiger partial charge in [-0.05, 0) is 0 Å². The minimum Gasteiger partial charge on any atom is -0.455 e. The van der Waals surface area contributed by atoms with Crippen molar-refractivity contribution >= 4 is 27.6 Å². The molecular formula is C10H16O6S2. The van der Waals surface area contributed by atoms with E-state index in [1.54, 1.807) is 6.92 Å². The zero-order chi connectivity index (χ0) is 13.3. The molecule has 0 aromatic rings. The normalized spacial score (nSPS) is 45.7. The molecule has 0 bridgehead atoms. The molecular weight excluding hydrogens is 280 g/mol. The molecule has 2 heterocycles. The molecule has 0 unspecified atom stereocenters. The maximum absolute atomic E-state index is 11.7. The highest BCUT2D eigenvalue weighted by Crippen LogP contribution is 2.39. The van der Waals surface area contributed by atoms with Gasteiger partial charge in [-0.15, -0.1) is 0 Å². The molecule has 6 nitrogen and oxygen atoms in total. The maximum atomic E-state index is 11.7. The number of carbonyl (C=O) groups is 1. The van der Waals surface area contributed by atoms with E-state index in [1.807, 2.05) is 0 Å². The third kappa shape index (κ3) is 2.78. The summed E-state index contributed by atoms with van der Waals surface area (Å²) in [6.07, 6.45) is -4.27. The average molecular weight is 296 g/mol. The van der Waals surface area contributed by atoms with Crippen LogP contribution in [0.15, 0.2) is 0 Å². The summed E-state index contributed by atoms with van der Waals surface area (Å²) >= 11 is 0. The van der Waals surface area contributed by atoms with Crippen molar-refractivity contribution < 1.29 is 29.6 Å². The van der Waals surface area contributed by atoms with E-state index in [0.29, 0.717) is 5.75 Å². The van der Waals surface area contributed by atoms with Gasteiger partial charge in [0.15, 0.2) is 11.5 Å². The van der Waals surface area contributed by atoms with E-state index in [9.17, 15) is 15.0 Å². The Balaban J connectivity index is 2.14. The molecule has 104 valence electrons. The molecule has 6 atom stereocenters. The summed E-state index contributed by atoms with van der Waals surface area (Å²) in [5.74, 6) is -0.0723. The Bertz CT molecular complexity index is 315. The number of hydrogen-bond donors (Lipinski definition) is 3. The Morgan fingerprint density at radius 3 is 2.78 bits per heavy atom. The smallest absolute Gasteiger partial charge is 0.310 e. The number of rotatable bonds is 1. The van der Waals surface area contributed by atoms with Gasteiger partial charge in [0.05, 0.1) is 12.5 Å². The molecule has 0 radical (unpaired) electrons. The van der Waals surface area contributed by atoms with Crippen LogP contribution >= 0.6 is 21.6 Å². The second-order valence-electron chi connectivity index (χ2n) is 4.39. The lowest BCUT2D eigenvalue weighted by atomic mass is 10.00. The van der Waals surface area contributed by atoms with Crippen molar-refractivity contribution in [3.8, 4) is 0 Å². The monoisotopic (exact) mass is 296 g/mol. The predicted octanol–water partition coefficient (Wildman–Crippen LogP) is -0.632. The number of esters is 1. The molecule has 8 heteroatoms. The molecule has 2 saturated heterocycles. The van der Waals surface area contributed by atoms with Crippen molar-refractivity contribution in [1.82, 2.24) is 0 Å². The summed E-state index contributed by atoms with van der Waals surface area (Å²) in [5.41, 5.74) is -0.581. The first-order chi connectivity index (χ1) is 8.54. The molecule has 18 heavy (non-hydrogen) atoms. The Labute approximate surface area is 112 Å². The zero-order valence-corrected chi connectivity index (χ0v) is 11.4. The number of aliphatic hydroxyl groups is 3. The zero-order valence-electron chi connectivity index (χ0n) is 9.76. The third-order valence-corrected chi connectivity index (χ3v) is 5.69. The lowest BCUT2D eigenvalue weighted by Crippen LogP contribution is -2.59. The van der Waals surface area contributed by atoms with Crippen molar-refractivity contribution in [3.05, 3.63) is 0 Å². The summed E-state index contributed by atoms with van der Waals surface area (Å²) in [5, 5.41) is 28.8. The standard InChI is InChI=1S/C10H16O6S2/c1-4-3-17-18-10-8(16-9(4)14)7(13)6(12)5(2-11)15-10/h4-8,10-13H,2-3H2,1H3/t4-,5-,6-,7+,8-,10+/m1/s1. The number of carbonyl (C=O) groups excluding carboxylic acids is 1. The first kappa shape index (κ1) is 14.4. The molecule has 0 saturated carbocycles. The van der Waals surface area contributed by atoms with Gasteiger partial charge in [0.2, 0.25) is 0 Å². The maximum Gasteiger partial charge on any atom is 0.310 e. The van der Waals surface area contributed by atoms with Gasteiger partial charge in [0.25, 0.3) is 0 Å². The lowest BCUT2D eigenvalue weighted by Gasteiger charge is -2.42. The van der Waals surface area contributed by atoms with E-state index in [4.69, 9.17) is 14.6 Å². The predicted molar refractivity (Wildman–Crippen MR) is 66.9 cm³/mol. The van der Waals surface area contributed by atoms with E-state index >= 15 is 0 Å². The Kier molecular flexibility index (Phi) is 4.79. The van der Waals surface area contributed by atoms with Crippen molar-refractivity contribution in [2.75, 3.05) is 12.4 Å². The Morgan fingerprint density at radius 2 is 2.11 bits per heavy atom. The van der Waals surface area contributed by atoms with E-state index in [-0.39, 0.29) is 5.92 Å². The Hall–Kier alpha value is 0.01000. The second kappa shape index (κ2) is 5.98. The van der Waals surface area contributed by atoms with Crippen LogP contribution in [-0.2, 0) is 14.3 Å². The third-order valence-electron chi connectivity index (χ3n) is 2.96. The highest BCUT2D eigenvalue weighted by Gasteiger charge is 2.47. The van der Waals surface area contributed by atoms with Gasteiger partial charge in [-0.1, -0.05) is 28.5 Å². The molecule has 2 fully saturated rings. The largest absolute Gasteiger partial charge is 0.455 e. The van der Waals surface area contributed by atoms with Crippen LogP contribution < -0.4 is 0 Å². The van der Waals surface area contributed by atoms with Gasteiger partial charge >= 0.3 is 5.97 Å². The molecule has 0 amide bonds. The summed E-state index contributed by atoms with van der Waals surface area (Å²) in [6.45, 7) is 1.36. The SMILES string of the molecule is C[C@@H]1CSS[C@@H]2O[C@H](CO)[C@@H](O)[C@H](O)[C@H]2OC1=O. The summed E-state index contributed by atoms with van der Waals surface area (Å²) < 4.78 is 10.6. The fourth-order valence-corrected chi connectivity index (χ4v) is 4.57. The van der Waals surface area contributed by atoms with E-state index in [1.165, 1.54) is 21.6 Å². The van der Waals surface area contributed by atoms with Crippen LogP contribution in [0.25, 0.3) is 0 Å². The molecule has 0 spiro atoms. The molecule has 3 N–H and O–H groups in total. The minimum absolute atomic E-state index is 0.261. The van der Waals surface area contributed by atoms with Crippen LogP contribution in [0.5, 0.6) is 0 Å². The summed E-state index contributed by atoms with van der Waals surface area (Å²) in [4.78, 5) is 11.7. The van der Waals surface area contributed by atoms with Crippen molar-refractivity contribution in [1.29, 1.82) is 0 Å². The fourth-order valence-electron chi connectivity index (χ4n) is 1.79. The molecule has 2 aliphatic rings. The number of hydrogen-bond acceptors (Lipinski definition) is 8. The number of fused-ring (bicyclic) bond motifs is 1. The van der Waals surface area contributed by atoms with E-state index in [2.05, 4.69) is 0 Å². The van der Waals surface area contributed by atoms with Crippen molar-refractivity contribution in [3.63, 3.8) is 0 Å². The number of aliphatic hydroxyl groups excluding tert-OH is 3. The van der Waals surface area contributed by atoms with Gasteiger partial charge in [-0.25, -0.2) is 0 Å². The van der Waals surface area contributed by atoms with E-state index in [0.717, 1.165) is 0 Å². The van der Waals surface area contributed by atoms with Crippen molar-refractivity contribution in [2.45, 2.75) is 36.8 Å². The highest BCUT2D eigenvalue weighted by molar-refractivity contribution is 8.76. The average Bonchev–Trinajstić information content (AvgIpc) is 2.35. The van der Waals surface area contributed by atoms with Crippen LogP contribution in [0, 0.1) is 5.92 Å². The highest BCUT2D eigenvalue weighted by atomic mass is 33.1. The van der Waals surface area contributed by atoms with Crippen LogP contribution in [0.1, 0.15) is 6.92 Å². The van der Waals surface area contributed by atoms with E-state index < -0.39 is 42.4 Å². The quantitative estimate of drug-likeness (QED) is 0.435. The molecule has 2 aliphatic heterocycles.